The van der Waals surface area contributed by atoms with Gasteiger partial charge < -0.3 is 29.3 Å². The Hall–Kier alpha value is -1.55. The lowest BCUT2D eigenvalue weighted by atomic mass is 9.67. The van der Waals surface area contributed by atoms with Crippen LogP contribution in [0.4, 0.5) is 0 Å². The molecule has 1 aromatic heterocycles. The summed E-state index contributed by atoms with van der Waals surface area (Å²) in [6.07, 6.45) is 2.68. The summed E-state index contributed by atoms with van der Waals surface area (Å²) in [5.74, 6) is 0.698. The average molecular weight is 467 g/mol. The van der Waals surface area contributed by atoms with Crippen molar-refractivity contribution in [1.82, 2.24) is 10.5 Å². The molecule has 188 valence electrons. The highest BCUT2D eigenvalue weighted by Gasteiger charge is 2.38. The second kappa shape index (κ2) is 11.7. The van der Waals surface area contributed by atoms with E-state index in [1.54, 1.807) is 6.92 Å². The van der Waals surface area contributed by atoms with E-state index in [9.17, 15) is 15.3 Å². The molecule has 0 saturated carbocycles. The van der Waals surface area contributed by atoms with Crippen molar-refractivity contribution < 1.29 is 29.3 Å². The number of aryl methyl sites for hydroxylation is 1. The quantitative estimate of drug-likeness (QED) is 0.290. The summed E-state index contributed by atoms with van der Waals surface area (Å²) in [6, 6.07) is 1.92. The average Bonchev–Trinajstić information content (AvgIpc) is 3.17. The Balaban J connectivity index is 1.96. The zero-order valence-corrected chi connectivity index (χ0v) is 21.1. The molecular formula is C25H42N2O6. The van der Waals surface area contributed by atoms with Gasteiger partial charge in [0.15, 0.2) is 6.29 Å². The maximum absolute atomic E-state index is 11.0. The molecule has 33 heavy (non-hydrogen) atoms. The number of aliphatic hydroxyl groups is 3. The maximum Gasteiger partial charge on any atom is 0.213 e. The molecule has 1 aliphatic carbocycles. The number of aromatic nitrogens is 1. The molecule has 0 aromatic carbocycles. The van der Waals surface area contributed by atoms with Crippen molar-refractivity contribution in [2.24, 2.45) is 16.7 Å². The molecule has 0 saturated heterocycles. The van der Waals surface area contributed by atoms with Crippen LogP contribution in [0.15, 0.2) is 28.3 Å². The molecule has 1 aromatic rings. The van der Waals surface area contributed by atoms with Crippen molar-refractivity contribution in [3.05, 3.63) is 35.2 Å². The van der Waals surface area contributed by atoms with Crippen molar-refractivity contribution >= 4 is 5.57 Å². The van der Waals surface area contributed by atoms with Gasteiger partial charge >= 0.3 is 0 Å². The summed E-state index contributed by atoms with van der Waals surface area (Å²) >= 11 is 0. The highest BCUT2D eigenvalue weighted by Crippen LogP contribution is 2.44. The van der Waals surface area contributed by atoms with Gasteiger partial charge in [0.1, 0.15) is 11.5 Å². The first-order chi connectivity index (χ1) is 15.3. The number of hydrogen-bond donors (Lipinski definition) is 4. The minimum atomic E-state index is -1.18. The maximum atomic E-state index is 11.0. The zero-order chi connectivity index (χ0) is 24.8. The van der Waals surface area contributed by atoms with E-state index >= 15 is 0 Å². The smallest absolute Gasteiger partial charge is 0.213 e. The molecule has 0 radical (unpaired) electrons. The highest BCUT2D eigenvalue weighted by atomic mass is 16.6. The second-order valence-corrected chi connectivity index (χ2v) is 10.6. The van der Waals surface area contributed by atoms with E-state index < -0.39 is 18.8 Å². The molecule has 8 nitrogen and oxygen atoms in total. The van der Waals surface area contributed by atoms with Gasteiger partial charge in [0, 0.05) is 30.6 Å². The van der Waals surface area contributed by atoms with Crippen LogP contribution in [0.3, 0.4) is 0 Å². The Bertz CT molecular complexity index is 803. The van der Waals surface area contributed by atoms with E-state index in [-0.39, 0.29) is 23.3 Å². The SMILES string of the molecule is CCOC(O)CNC(O)OCCCc1cc(C2=CC(C(C)(C)C)C(O)C(C(C)(C)C)=C2)no1. The Morgan fingerprint density at radius 1 is 1.15 bits per heavy atom. The third kappa shape index (κ3) is 8.31. The molecule has 4 atom stereocenters. The molecule has 0 bridgehead atoms. The largest absolute Gasteiger partial charge is 0.388 e. The van der Waals surface area contributed by atoms with E-state index in [1.165, 1.54) is 0 Å². The number of hydrogen-bond acceptors (Lipinski definition) is 8. The molecule has 0 amide bonds. The molecule has 0 aliphatic heterocycles. The van der Waals surface area contributed by atoms with Crippen LogP contribution in [0.5, 0.6) is 0 Å². The fourth-order valence-corrected chi connectivity index (χ4v) is 3.84. The Morgan fingerprint density at radius 2 is 1.85 bits per heavy atom. The van der Waals surface area contributed by atoms with Crippen LogP contribution in [-0.4, -0.2) is 59.0 Å². The topological polar surface area (TPSA) is 117 Å². The van der Waals surface area contributed by atoms with Gasteiger partial charge in [-0.2, -0.15) is 0 Å². The van der Waals surface area contributed by atoms with Crippen molar-refractivity contribution in [3.63, 3.8) is 0 Å². The zero-order valence-electron chi connectivity index (χ0n) is 21.1. The van der Waals surface area contributed by atoms with Gasteiger partial charge in [-0.25, -0.2) is 0 Å². The summed E-state index contributed by atoms with van der Waals surface area (Å²) in [6.45, 7) is 15.3. The first-order valence-corrected chi connectivity index (χ1v) is 11.7. The molecule has 0 fully saturated rings. The normalized spacial score (nSPS) is 21.5. The van der Waals surface area contributed by atoms with Crippen LogP contribution < -0.4 is 5.32 Å². The van der Waals surface area contributed by atoms with Gasteiger partial charge in [0.25, 0.3) is 0 Å². The van der Waals surface area contributed by atoms with E-state index in [4.69, 9.17) is 14.0 Å². The summed E-state index contributed by atoms with van der Waals surface area (Å²) in [7, 11) is 0. The standard InChI is InChI=1S/C25H42N2O6/c1-8-31-21(28)15-26-23(30)32-11-9-10-17-14-20(27-33-17)16-12-18(24(2,3)4)22(29)19(13-16)25(5,6)7/h12-14,18,21-23,26,28-30H,8-11,15H2,1-7H3. The number of nitrogens with zero attached hydrogens (tertiary/aromatic N) is 1. The summed E-state index contributed by atoms with van der Waals surface area (Å²) in [5, 5.41) is 37.2. The van der Waals surface area contributed by atoms with Crippen LogP contribution in [0.25, 0.3) is 5.57 Å². The predicted molar refractivity (Wildman–Crippen MR) is 127 cm³/mol. The third-order valence-corrected chi connectivity index (χ3v) is 5.72. The fraction of sp³-hybridized carbons (Fsp3) is 0.720. The van der Waals surface area contributed by atoms with Crippen LogP contribution in [0.2, 0.25) is 0 Å². The second-order valence-electron chi connectivity index (χ2n) is 10.6. The molecular weight excluding hydrogens is 424 g/mol. The lowest BCUT2D eigenvalue weighted by Crippen LogP contribution is -2.38. The van der Waals surface area contributed by atoms with Gasteiger partial charge in [0.05, 0.1) is 19.3 Å². The Kier molecular flexibility index (Phi) is 9.84. The van der Waals surface area contributed by atoms with Crippen molar-refractivity contribution in [1.29, 1.82) is 0 Å². The van der Waals surface area contributed by atoms with E-state index in [0.29, 0.717) is 26.1 Å². The van der Waals surface area contributed by atoms with E-state index in [1.807, 2.05) is 12.1 Å². The van der Waals surface area contributed by atoms with E-state index in [0.717, 1.165) is 22.6 Å². The molecule has 8 heteroatoms. The molecule has 2 rings (SSSR count). The van der Waals surface area contributed by atoms with Gasteiger partial charge in [-0.05, 0) is 29.7 Å². The van der Waals surface area contributed by atoms with Crippen LogP contribution in [0.1, 0.15) is 66.3 Å². The minimum Gasteiger partial charge on any atom is -0.388 e. The summed E-state index contributed by atoms with van der Waals surface area (Å²) < 4.78 is 15.8. The minimum absolute atomic E-state index is 0.0319. The highest BCUT2D eigenvalue weighted by molar-refractivity contribution is 5.75. The number of rotatable bonds is 11. The number of aliphatic hydroxyl groups excluding tert-OH is 3. The van der Waals surface area contributed by atoms with Gasteiger partial charge in [0.2, 0.25) is 6.41 Å². The van der Waals surface area contributed by atoms with Crippen molar-refractivity contribution in [3.8, 4) is 0 Å². The first-order valence-electron chi connectivity index (χ1n) is 11.7. The number of ether oxygens (including phenoxy) is 2. The summed E-state index contributed by atoms with van der Waals surface area (Å²) in [4.78, 5) is 0. The lowest BCUT2D eigenvalue weighted by Gasteiger charge is -2.40. The van der Waals surface area contributed by atoms with Gasteiger partial charge in [-0.15, -0.1) is 0 Å². The molecule has 0 spiro atoms. The van der Waals surface area contributed by atoms with Crippen molar-refractivity contribution in [2.75, 3.05) is 19.8 Å². The third-order valence-electron chi connectivity index (χ3n) is 5.72. The monoisotopic (exact) mass is 466 g/mol. The number of allylic oxidation sites excluding steroid dienone is 2. The van der Waals surface area contributed by atoms with Crippen LogP contribution in [0, 0.1) is 16.7 Å². The molecule has 1 heterocycles. The predicted octanol–water partition coefficient (Wildman–Crippen LogP) is 3.24. The van der Waals surface area contributed by atoms with Crippen LogP contribution >= 0.6 is 0 Å². The van der Waals surface area contributed by atoms with Gasteiger partial charge in [-0.1, -0.05) is 58.9 Å². The Morgan fingerprint density at radius 3 is 2.45 bits per heavy atom. The van der Waals surface area contributed by atoms with Crippen molar-refractivity contribution in [2.45, 2.75) is 80.1 Å². The van der Waals surface area contributed by atoms with Gasteiger partial charge in [-0.3, -0.25) is 5.32 Å². The molecule has 1 aliphatic rings. The van der Waals surface area contributed by atoms with E-state index in [2.05, 4.69) is 58.1 Å². The fourth-order valence-electron chi connectivity index (χ4n) is 3.84. The lowest BCUT2D eigenvalue weighted by molar-refractivity contribution is -0.146. The molecule has 4 N–H and O–H groups in total. The summed E-state index contributed by atoms with van der Waals surface area (Å²) in [5.41, 5.74) is 2.44. The molecule has 4 unspecified atom stereocenters. The Labute approximate surface area is 197 Å². The first kappa shape index (κ1) is 27.7. The van der Waals surface area contributed by atoms with Crippen LogP contribution in [-0.2, 0) is 15.9 Å². The number of nitrogens with one attached hydrogen (secondary N) is 1.